The molecule has 0 bridgehead atoms. The highest BCUT2D eigenvalue weighted by atomic mass is 16.5. The zero-order valence-electron chi connectivity index (χ0n) is 8.70. The fraction of sp³-hybridized carbons (Fsp3) is 0.364. The molecule has 3 heteroatoms. The second-order valence-electron chi connectivity index (χ2n) is 3.41. The average Bonchev–Trinajstić information content (AvgIpc) is 2.11. The van der Waals surface area contributed by atoms with Crippen LogP contribution in [-0.4, -0.2) is 12.0 Å². The van der Waals surface area contributed by atoms with Crippen LogP contribution in [0.1, 0.15) is 18.1 Å². The van der Waals surface area contributed by atoms with E-state index in [0.29, 0.717) is 5.75 Å². The number of aryl methyl sites for hydroxylation is 2. The van der Waals surface area contributed by atoms with Crippen LogP contribution in [0.25, 0.3) is 0 Å². The molecule has 0 aromatic heterocycles. The number of amides is 1. The summed E-state index contributed by atoms with van der Waals surface area (Å²) in [5.74, 6) is 0.225. The highest BCUT2D eigenvalue weighted by Gasteiger charge is 2.09. The molecule has 0 unspecified atom stereocenters. The molecule has 14 heavy (non-hydrogen) atoms. The van der Waals surface area contributed by atoms with Crippen molar-refractivity contribution in [3.8, 4) is 5.75 Å². The van der Waals surface area contributed by atoms with E-state index < -0.39 is 12.0 Å². The summed E-state index contributed by atoms with van der Waals surface area (Å²) < 4.78 is 5.34. The Bertz CT molecular complexity index is 347. The Hall–Kier alpha value is -1.51. The molecule has 0 saturated heterocycles. The van der Waals surface area contributed by atoms with E-state index in [4.69, 9.17) is 10.5 Å². The summed E-state index contributed by atoms with van der Waals surface area (Å²) in [6, 6.07) is 5.69. The molecule has 0 radical (unpaired) electrons. The molecule has 1 aromatic rings. The van der Waals surface area contributed by atoms with Crippen molar-refractivity contribution in [1.82, 2.24) is 0 Å². The minimum Gasteiger partial charge on any atom is -0.481 e. The van der Waals surface area contributed by atoms with E-state index in [-0.39, 0.29) is 0 Å². The van der Waals surface area contributed by atoms with Gasteiger partial charge in [-0.1, -0.05) is 6.07 Å². The number of primary amides is 1. The summed E-state index contributed by atoms with van der Waals surface area (Å²) in [5, 5.41) is 0. The first-order valence-corrected chi connectivity index (χ1v) is 4.54. The number of hydrogen-bond donors (Lipinski definition) is 1. The maximum atomic E-state index is 10.8. The van der Waals surface area contributed by atoms with E-state index in [2.05, 4.69) is 0 Å². The highest BCUT2D eigenvalue weighted by molar-refractivity contribution is 5.78. The van der Waals surface area contributed by atoms with Crippen LogP contribution in [0.15, 0.2) is 18.2 Å². The third-order valence-electron chi connectivity index (χ3n) is 2.19. The van der Waals surface area contributed by atoms with Crippen molar-refractivity contribution in [1.29, 1.82) is 0 Å². The summed E-state index contributed by atoms with van der Waals surface area (Å²) in [4.78, 5) is 10.8. The molecular weight excluding hydrogens is 178 g/mol. The Balaban J connectivity index is 2.78. The largest absolute Gasteiger partial charge is 0.481 e. The topological polar surface area (TPSA) is 52.3 Å². The Morgan fingerprint density at radius 2 is 2.00 bits per heavy atom. The molecule has 0 heterocycles. The molecule has 1 rings (SSSR count). The number of benzene rings is 1. The van der Waals surface area contributed by atoms with E-state index in [0.717, 1.165) is 5.56 Å². The van der Waals surface area contributed by atoms with Gasteiger partial charge in [-0.3, -0.25) is 4.79 Å². The fourth-order valence-electron chi connectivity index (χ4n) is 1.05. The third-order valence-corrected chi connectivity index (χ3v) is 2.19. The first-order valence-electron chi connectivity index (χ1n) is 4.54. The van der Waals surface area contributed by atoms with Crippen LogP contribution >= 0.6 is 0 Å². The van der Waals surface area contributed by atoms with Crippen molar-refractivity contribution in [3.05, 3.63) is 29.3 Å². The number of ether oxygens (including phenoxy) is 1. The number of carbonyl (C=O) groups is 1. The maximum Gasteiger partial charge on any atom is 0.258 e. The molecule has 0 aliphatic carbocycles. The minimum atomic E-state index is -0.586. The highest BCUT2D eigenvalue weighted by Crippen LogP contribution is 2.17. The summed E-state index contributed by atoms with van der Waals surface area (Å²) in [6.07, 6.45) is -0.586. The maximum absolute atomic E-state index is 10.8. The summed E-state index contributed by atoms with van der Waals surface area (Å²) >= 11 is 0. The van der Waals surface area contributed by atoms with Gasteiger partial charge < -0.3 is 10.5 Å². The molecule has 0 aliphatic rings. The Morgan fingerprint density at radius 3 is 2.50 bits per heavy atom. The standard InChI is InChI=1S/C11H15NO2/c1-7-4-5-10(6-8(7)2)14-9(3)11(12)13/h4-6,9H,1-3H3,(H2,12,13)/t9-/m0/s1. The van der Waals surface area contributed by atoms with Gasteiger partial charge in [-0.25, -0.2) is 0 Å². The molecule has 1 amide bonds. The molecule has 1 aromatic carbocycles. The number of hydrogen-bond acceptors (Lipinski definition) is 2. The van der Waals surface area contributed by atoms with Gasteiger partial charge in [0.1, 0.15) is 5.75 Å². The fourth-order valence-corrected chi connectivity index (χ4v) is 1.05. The lowest BCUT2D eigenvalue weighted by molar-refractivity contribution is -0.123. The number of nitrogens with two attached hydrogens (primary N) is 1. The monoisotopic (exact) mass is 193 g/mol. The Kier molecular flexibility index (Phi) is 3.12. The number of carbonyl (C=O) groups excluding carboxylic acids is 1. The van der Waals surface area contributed by atoms with Crippen molar-refractivity contribution in [2.24, 2.45) is 5.73 Å². The van der Waals surface area contributed by atoms with Crippen LogP contribution in [0.5, 0.6) is 5.75 Å². The van der Waals surface area contributed by atoms with Crippen LogP contribution < -0.4 is 10.5 Å². The smallest absolute Gasteiger partial charge is 0.258 e. The van der Waals surface area contributed by atoms with E-state index in [9.17, 15) is 4.79 Å². The van der Waals surface area contributed by atoms with Crippen molar-refractivity contribution in [2.75, 3.05) is 0 Å². The van der Waals surface area contributed by atoms with Crippen molar-refractivity contribution in [3.63, 3.8) is 0 Å². The van der Waals surface area contributed by atoms with Gasteiger partial charge in [0.15, 0.2) is 6.10 Å². The Labute approximate surface area is 83.9 Å². The first-order chi connectivity index (χ1) is 6.50. The van der Waals surface area contributed by atoms with E-state index in [1.165, 1.54) is 5.56 Å². The van der Waals surface area contributed by atoms with Crippen LogP contribution in [0.3, 0.4) is 0 Å². The molecule has 1 atom stereocenters. The minimum absolute atomic E-state index is 0.455. The van der Waals surface area contributed by atoms with Gasteiger partial charge in [0.05, 0.1) is 0 Å². The average molecular weight is 193 g/mol. The van der Waals surface area contributed by atoms with Gasteiger partial charge in [0.2, 0.25) is 0 Å². The summed E-state index contributed by atoms with van der Waals surface area (Å²) in [5.41, 5.74) is 7.42. The lowest BCUT2D eigenvalue weighted by Gasteiger charge is -2.12. The predicted octanol–water partition coefficient (Wildman–Crippen LogP) is 1.56. The van der Waals surface area contributed by atoms with Gasteiger partial charge in [0.25, 0.3) is 5.91 Å². The van der Waals surface area contributed by atoms with Gasteiger partial charge in [-0.05, 0) is 44.0 Å². The molecule has 0 fully saturated rings. The number of rotatable bonds is 3. The molecular formula is C11H15NO2. The van der Waals surface area contributed by atoms with Crippen LogP contribution in [0.4, 0.5) is 0 Å². The van der Waals surface area contributed by atoms with Crippen LogP contribution in [0, 0.1) is 13.8 Å². The first kappa shape index (κ1) is 10.6. The molecule has 0 saturated carbocycles. The van der Waals surface area contributed by atoms with Gasteiger partial charge in [0, 0.05) is 0 Å². The van der Waals surface area contributed by atoms with E-state index >= 15 is 0 Å². The van der Waals surface area contributed by atoms with Crippen molar-refractivity contribution in [2.45, 2.75) is 26.9 Å². The Morgan fingerprint density at radius 1 is 1.36 bits per heavy atom. The molecule has 3 nitrogen and oxygen atoms in total. The lowest BCUT2D eigenvalue weighted by Crippen LogP contribution is -2.30. The predicted molar refractivity (Wildman–Crippen MR) is 55.2 cm³/mol. The lowest BCUT2D eigenvalue weighted by atomic mass is 10.1. The van der Waals surface area contributed by atoms with Gasteiger partial charge in [-0.15, -0.1) is 0 Å². The second kappa shape index (κ2) is 4.13. The molecule has 76 valence electrons. The second-order valence-corrected chi connectivity index (χ2v) is 3.41. The van der Waals surface area contributed by atoms with Gasteiger partial charge in [-0.2, -0.15) is 0 Å². The normalized spacial score (nSPS) is 12.2. The summed E-state index contributed by atoms with van der Waals surface area (Å²) in [6.45, 7) is 5.66. The van der Waals surface area contributed by atoms with Gasteiger partial charge >= 0.3 is 0 Å². The molecule has 2 N–H and O–H groups in total. The van der Waals surface area contributed by atoms with Crippen molar-refractivity contribution < 1.29 is 9.53 Å². The zero-order chi connectivity index (χ0) is 10.7. The quantitative estimate of drug-likeness (QED) is 0.792. The third kappa shape index (κ3) is 2.49. The SMILES string of the molecule is Cc1ccc(O[C@@H](C)C(N)=O)cc1C. The molecule has 0 aliphatic heterocycles. The van der Waals surface area contributed by atoms with E-state index in [1.807, 2.05) is 32.0 Å². The summed E-state index contributed by atoms with van der Waals surface area (Å²) in [7, 11) is 0. The van der Waals surface area contributed by atoms with Crippen LogP contribution in [0.2, 0.25) is 0 Å². The zero-order valence-corrected chi connectivity index (χ0v) is 8.70. The molecule has 0 spiro atoms. The van der Waals surface area contributed by atoms with E-state index in [1.54, 1.807) is 6.92 Å². The van der Waals surface area contributed by atoms with Crippen LogP contribution in [-0.2, 0) is 4.79 Å². The van der Waals surface area contributed by atoms with Crippen molar-refractivity contribution >= 4 is 5.91 Å².